The topological polar surface area (TPSA) is 78.1 Å². The monoisotopic (exact) mass is 292 g/mol. The molecule has 0 heterocycles. The molecule has 0 aliphatic heterocycles. The highest BCUT2D eigenvalue weighted by atomic mass is 16.6. The van der Waals surface area contributed by atoms with Crippen LogP contribution in [0.4, 0.5) is 4.79 Å². The predicted octanol–water partition coefficient (Wildman–Crippen LogP) is 0.390. The van der Waals surface area contributed by atoms with Crippen molar-refractivity contribution in [3.05, 3.63) is 0 Å². The van der Waals surface area contributed by atoms with Crippen LogP contribution in [-0.2, 0) is 18.9 Å². The summed E-state index contributed by atoms with van der Waals surface area (Å²) in [6.07, 6.45) is 0. The SMILES string of the molecule is COCCOCCOCCOCCNC(=O)NC(C)C. The Morgan fingerprint density at radius 3 is 1.90 bits per heavy atom. The van der Waals surface area contributed by atoms with Gasteiger partial charge in [0.2, 0.25) is 0 Å². The Labute approximate surface area is 121 Å². The Balaban J connectivity index is 3.08. The van der Waals surface area contributed by atoms with Crippen LogP contribution in [0, 0.1) is 0 Å². The fourth-order valence-corrected chi connectivity index (χ4v) is 1.23. The molecule has 0 aromatic heterocycles. The van der Waals surface area contributed by atoms with Crippen LogP contribution < -0.4 is 10.6 Å². The highest BCUT2D eigenvalue weighted by Gasteiger charge is 2.00. The number of carbonyl (C=O) groups excluding carboxylic acids is 1. The minimum absolute atomic E-state index is 0.135. The number of rotatable bonds is 13. The fourth-order valence-electron chi connectivity index (χ4n) is 1.23. The van der Waals surface area contributed by atoms with Crippen molar-refractivity contribution in [1.29, 1.82) is 0 Å². The van der Waals surface area contributed by atoms with E-state index in [0.717, 1.165) is 0 Å². The summed E-state index contributed by atoms with van der Waals surface area (Å²) < 4.78 is 20.7. The van der Waals surface area contributed by atoms with Gasteiger partial charge in [0.05, 0.1) is 46.2 Å². The van der Waals surface area contributed by atoms with Crippen molar-refractivity contribution in [2.75, 3.05) is 59.9 Å². The summed E-state index contributed by atoms with van der Waals surface area (Å²) in [5.41, 5.74) is 0. The molecule has 0 rings (SSSR count). The minimum Gasteiger partial charge on any atom is -0.382 e. The second-order valence-corrected chi connectivity index (χ2v) is 4.38. The van der Waals surface area contributed by atoms with E-state index in [1.54, 1.807) is 7.11 Å². The third-order valence-electron chi connectivity index (χ3n) is 2.13. The molecular weight excluding hydrogens is 264 g/mol. The Morgan fingerprint density at radius 2 is 1.40 bits per heavy atom. The quantitative estimate of drug-likeness (QED) is 0.480. The molecule has 0 saturated carbocycles. The Kier molecular flexibility index (Phi) is 13.9. The van der Waals surface area contributed by atoms with Crippen molar-refractivity contribution in [3.63, 3.8) is 0 Å². The molecule has 20 heavy (non-hydrogen) atoms. The first-order valence-corrected chi connectivity index (χ1v) is 6.93. The number of ether oxygens (including phenoxy) is 4. The molecule has 0 aromatic carbocycles. The molecular formula is C13H28N2O5. The van der Waals surface area contributed by atoms with E-state index in [1.165, 1.54) is 0 Å². The van der Waals surface area contributed by atoms with Crippen molar-refractivity contribution >= 4 is 6.03 Å². The van der Waals surface area contributed by atoms with Gasteiger partial charge in [-0.1, -0.05) is 0 Å². The zero-order chi connectivity index (χ0) is 15.1. The number of amides is 2. The van der Waals surface area contributed by atoms with Gasteiger partial charge in [-0.15, -0.1) is 0 Å². The summed E-state index contributed by atoms with van der Waals surface area (Å²) >= 11 is 0. The molecule has 120 valence electrons. The first-order valence-electron chi connectivity index (χ1n) is 6.93. The van der Waals surface area contributed by atoms with Crippen LogP contribution in [0.3, 0.4) is 0 Å². The lowest BCUT2D eigenvalue weighted by Gasteiger charge is -2.10. The van der Waals surface area contributed by atoms with Crippen LogP contribution in [0.1, 0.15) is 13.8 Å². The molecule has 0 aliphatic rings. The maximum Gasteiger partial charge on any atom is 0.315 e. The van der Waals surface area contributed by atoms with E-state index in [4.69, 9.17) is 18.9 Å². The fraction of sp³-hybridized carbons (Fsp3) is 0.923. The van der Waals surface area contributed by atoms with Crippen LogP contribution in [0.15, 0.2) is 0 Å². The molecule has 2 N–H and O–H groups in total. The molecule has 7 nitrogen and oxygen atoms in total. The van der Waals surface area contributed by atoms with E-state index >= 15 is 0 Å². The summed E-state index contributed by atoms with van der Waals surface area (Å²) in [7, 11) is 1.64. The smallest absolute Gasteiger partial charge is 0.315 e. The number of nitrogens with one attached hydrogen (secondary N) is 2. The third-order valence-corrected chi connectivity index (χ3v) is 2.13. The highest BCUT2D eigenvalue weighted by Crippen LogP contribution is 1.82. The van der Waals surface area contributed by atoms with Gasteiger partial charge in [-0.05, 0) is 13.8 Å². The molecule has 0 radical (unpaired) electrons. The van der Waals surface area contributed by atoms with Crippen molar-refractivity contribution in [3.8, 4) is 0 Å². The summed E-state index contributed by atoms with van der Waals surface area (Å²) in [6.45, 7) is 8.08. The maximum absolute atomic E-state index is 11.2. The van der Waals surface area contributed by atoms with Crippen LogP contribution >= 0.6 is 0 Å². The van der Waals surface area contributed by atoms with E-state index in [0.29, 0.717) is 52.8 Å². The largest absolute Gasteiger partial charge is 0.382 e. The zero-order valence-electron chi connectivity index (χ0n) is 12.8. The summed E-state index contributed by atoms with van der Waals surface area (Å²) in [6, 6.07) is -0.0384. The number of carbonyl (C=O) groups is 1. The summed E-state index contributed by atoms with van der Waals surface area (Å²) in [4.78, 5) is 11.2. The maximum atomic E-state index is 11.2. The van der Waals surface area contributed by atoms with E-state index in [2.05, 4.69) is 10.6 Å². The number of hydrogen-bond acceptors (Lipinski definition) is 5. The Morgan fingerprint density at radius 1 is 0.900 bits per heavy atom. The second-order valence-electron chi connectivity index (χ2n) is 4.38. The van der Waals surface area contributed by atoms with Crippen molar-refractivity contribution in [1.82, 2.24) is 10.6 Å². The van der Waals surface area contributed by atoms with Gasteiger partial charge in [0.25, 0.3) is 0 Å². The lowest BCUT2D eigenvalue weighted by molar-refractivity contribution is 0.00428. The summed E-state index contributed by atoms with van der Waals surface area (Å²) in [5, 5.41) is 5.43. The van der Waals surface area contributed by atoms with Crippen molar-refractivity contribution in [2.45, 2.75) is 19.9 Å². The first kappa shape index (κ1) is 19.1. The van der Waals surface area contributed by atoms with Gasteiger partial charge in [-0.2, -0.15) is 0 Å². The molecule has 0 saturated heterocycles. The lowest BCUT2D eigenvalue weighted by atomic mass is 10.4. The molecule has 0 bridgehead atoms. The standard InChI is InChI=1S/C13H28N2O5/c1-12(2)15-13(16)14-4-5-18-8-9-20-11-10-19-7-6-17-3/h12H,4-11H2,1-3H3,(H2,14,15,16). The van der Waals surface area contributed by atoms with Gasteiger partial charge in [-0.3, -0.25) is 0 Å². The average molecular weight is 292 g/mol. The van der Waals surface area contributed by atoms with E-state index in [1.807, 2.05) is 13.8 Å². The van der Waals surface area contributed by atoms with Crippen LogP contribution in [0.5, 0.6) is 0 Å². The van der Waals surface area contributed by atoms with Crippen molar-refractivity contribution in [2.24, 2.45) is 0 Å². The van der Waals surface area contributed by atoms with Gasteiger partial charge >= 0.3 is 6.03 Å². The van der Waals surface area contributed by atoms with Gasteiger partial charge in [0.15, 0.2) is 0 Å². The highest BCUT2D eigenvalue weighted by molar-refractivity contribution is 5.73. The molecule has 0 spiro atoms. The van der Waals surface area contributed by atoms with E-state index in [9.17, 15) is 4.79 Å². The molecule has 0 atom stereocenters. The lowest BCUT2D eigenvalue weighted by Crippen LogP contribution is -2.40. The van der Waals surface area contributed by atoms with Crippen molar-refractivity contribution < 1.29 is 23.7 Å². The Hall–Kier alpha value is -0.890. The average Bonchev–Trinajstić information content (AvgIpc) is 2.39. The van der Waals surface area contributed by atoms with Gasteiger partial charge in [0, 0.05) is 19.7 Å². The van der Waals surface area contributed by atoms with Crippen LogP contribution in [0.2, 0.25) is 0 Å². The number of urea groups is 1. The van der Waals surface area contributed by atoms with E-state index in [-0.39, 0.29) is 12.1 Å². The first-order chi connectivity index (χ1) is 9.66. The molecule has 2 amide bonds. The molecule has 7 heteroatoms. The minimum atomic E-state index is -0.173. The molecule has 0 aromatic rings. The van der Waals surface area contributed by atoms with Gasteiger partial charge < -0.3 is 29.6 Å². The molecule has 0 unspecified atom stereocenters. The number of methoxy groups -OCH3 is 1. The third kappa shape index (κ3) is 15.2. The van der Waals surface area contributed by atoms with Crippen LogP contribution in [0.25, 0.3) is 0 Å². The Bertz CT molecular complexity index is 227. The van der Waals surface area contributed by atoms with E-state index < -0.39 is 0 Å². The predicted molar refractivity (Wildman–Crippen MR) is 76.0 cm³/mol. The molecule has 0 aliphatic carbocycles. The van der Waals surface area contributed by atoms with Crippen LogP contribution in [-0.4, -0.2) is 72.0 Å². The number of hydrogen-bond donors (Lipinski definition) is 2. The normalized spacial score (nSPS) is 10.8. The van der Waals surface area contributed by atoms with Gasteiger partial charge in [-0.25, -0.2) is 4.79 Å². The second kappa shape index (κ2) is 14.5. The molecule has 0 fully saturated rings. The zero-order valence-corrected chi connectivity index (χ0v) is 12.8. The van der Waals surface area contributed by atoms with Gasteiger partial charge in [0.1, 0.15) is 0 Å². The summed E-state index contributed by atoms with van der Waals surface area (Å²) in [5.74, 6) is 0.